The van der Waals surface area contributed by atoms with Gasteiger partial charge in [-0.25, -0.2) is 27.9 Å². The summed E-state index contributed by atoms with van der Waals surface area (Å²) in [7, 11) is -3.95. The van der Waals surface area contributed by atoms with Gasteiger partial charge in [-0.15, -0.1) is 11.8 Å². The zero-order valence-electron chi connectivity index (χ0n) is 14.7. The number of urea groups is 1. The van der Waals surface area contributed by atoms with Crippen LogP contribution >= 0.6 is 11.8 Å². The summed E-state index contributed by atoms with van der Waals surface area (Å²) in [6.45, 7) is 5.75. The van der Waals surface area contributed by atoms with Crippen LogP contribution in [0.1, 0.15) is 29.7 Å². The maximum Gasteiger partial charge on any atom is 0.329 e. The molecule has 1 aliphatic rings. The van der Waals surface area contributed by atoms with Crippen LogP contribution < -0.4 is 10.0 Å². The molecule has 138 valence electrons. The molecule has 0 radical (unpaired) electrons. The van der Waals surface area contributed by atoms with Gasteiger partial charge in [0.1, 0.15) is 10.7 Å². The Kier molecular flexibility index (Phi) is 5.19. The quantitative estimate of drug-likeness (QED) is 0.828. The lowest BCUT2D eigenvalue weighted by molar-refractivity contribution is 0.245. The number of carbonyl (C=O) groups excluding carboxylic acids is 1. The molecule has 0 saturated heterocycles. The van der Waals surface area contributed by atoms with Crippen molar-refractivity contribution < 1.29 is 13.2 Å². The van der Waals surface area contributed by atoms with E-state index in [1.165, 1.54) is 17.8 Å². The van der Waals surface area contributed by atoms with Crippen LogP contribution in [-0.2, 0) is 23.0 Å². The Hall–Kier alpha value is -2.13. The second-order valence-corrected chi connectivity index (χ2v) is 9.33. The van der Waals surface area contributed by atoms with Crippen LogP contribution in [-0.4, -0.2) is 29.7 Å². The molecule has 2 aromatic rings. The summed E-state index contributed by atoms with van der Waals surface area (Å²) in [6.07, 6.45) is 0.819. The number of rotatable bonds is 4. The summed E-state index contributed by atoms with van der Waals surface area (Å²) in [4.78, 5) is 21.4. The maximum absolute atomic E-state index is 12.6. The van der Waals surface area contributed by atoms with Crippen LogP contribution in [0.25, 0.3) is 0 Å². The van der Waals surface area contributed by atoms with Gasteiger partial charge in [-0.1, -0.05) is 19.1 Å². The Morgan fingerprint density at radius 3 is 2.65 bits per heavy atom. The molecule has 9 heteroatoms. The van der Waals surface area contributed by atoms with Gasteiger partial charge >= 0.3 is 6.03 Å². The molecule has 0 aliphatic carbocycles. The lowest BCUT2D eigenvalue weighted by atomic mass is 10.1. The van der Waals surface area contributed by atoms with Crippen LogP contribution in [0.15, 0.2) is 34.1 Å². The largest absolute Gasteiger partial charge is 0.330 e. The van der Waals surface area contributed by atoms with Crippen molar-refractivity contribution in [3.05, 3.63) is 47.0 Å². The van der Waals surface area contributed by atoms with Crippen molar-refractivity contribution in [1.82, 2.24) is 20.0 Å². The van der Waals surface area contributed by atoms with Crippen molar-refractivity contribution >= 4 is 27.8 Å². The summed E-state index contributed by atoms with van der Waals surface area (Å²) in [6, 6.07) is 6.16. The third-order valence-electron chi connectivity index (χ3n) is 3.84. The highest BCUT2D eigenvalue weighted by Gasteiger charge is 2.28. The fraction of sp³-hybridized carbons (Fsp3) is 0.353. The first-order valence-electron chi connectivity index (χ1n) is 8.15. The summed E-state index contributed by atoms with van der Waals surface area (Å²) in [5, 5.41) is 2.81. The van der Waals surface area contributed by atoms with Crippen molar-refractivity contribution in [2.75, 3.05) is 0 Å². The predicted molar refractivity (Wildman–Crippen MR) is 99.5 cm³/mol. The first-order chi connectivity index (χ1) is 12.2. The van der Waals surface area contributed by atoms with Crippen molar-refractivity contribution in [2.45, 2.75) is 48.8 Å². The topological polar surface area (TPSA) is 101 Å². The van der Waals surface area contributed by atoms with E-state index in [0.717, 1.165) is 28.3 Å². The van der Waals surface area contributed by atoms with Crippen LogP contribution in [0.2, 0.25) is 0 Å². The fourth-order valence-corrected chi connectivity index (χ4v) is 5.56. The van der Waals surface area contributed by atoms with E-state index < -0.39 is 16.1 Å². The van der Waals surface area contributed by atoms with Gasteiger partial charge in [-0.2, -0.15) is 0 Å². The van der Waals surface area contributed by atoms with Crippen LogP contribution in [0.5, 0.6) is 0 Å². The average Bonchev–Trinajstić information content (AvgIpc) is 2.91. The third kappa shape index (κ3) is 4.16. The number of nitrogens with zero attached hydrogens (tertiary/aromatic N) is 2. The summed E-state index contributed by atoms with van der Waals surface area (Å²) >= 11 is 1.51. The molecule has 1 aliphatic heterocycles. The van der Waals surface area contributed by atoms with E-state index >= 15 is 0 Å². The molecule has 2 amide bonds. The fourth-order valence-electron chi connectivity index (χ4n) is 2.87. The number of hydrogen-bond acceptors (Lipinski definition) is 6. The Labute approximate surface area is 157 Å². The van der Waals surface area contributed by atoms with Crippen LogP contribution in [0.4, 0.5) is 4.79 Å². The first kappa shape index (κ1) is 18.7. The lowest BCUT2D eigenvalue weighted by Gasteiger charge is -2.11. The Balaban J connectivity index is 1.70. The number of fused-ring (bicyclic) bond motifs is 1. The molecular formula is C17H20N4O3S2. The number of aryl methyl sites for hydroxylation is 2. The summed E-state index contributed by atoms with van der Waals surface area (Å²) in [5.41, 5.74) is 2.57. The van der Waals surface area contributed by atoms with Gasteiger partial charge in [-0.3, -0.25) is 0 Å². The van der Waals surface area contributed by atoms with Crippen molar-refractivity contribution in [3.63, 3.8) is 0 Å². The Morgan fingerprint density at radius 2 is 1.96 bits per heavy atom. The minimum absolute atomic E-state index is 0.0442. The molecule has 1 aromatic heterocycles. The minimum Gasteiger partial charge on any atom is -0.330 e. The second kappa shape index (κ2) is 7.24. The molecule has 2 N–H and O–H groups in total. The number of hydrogen-bond donors (Lipinski definition) is 2. The molecule has 0 spiro atoms. The normalized spacial score (nSPS) is 16.2. The van der Waals surface area contributed by atoms with Gasteiger partial charge in [-0.05, 0) is 38.0 Å². The molecule has 0 fully saturated rings. The zero-order chi connectivity index (χ0) is 18.9. The third-order valence-corrected chi connectivity index (χ3v) is 6.63. The summed E-state index contributed by atoms with van der Waals surface area (Å²) in [5.74, 6) is 0.431. The highest BCUT2D eigenvalue weighted by Crippen LogP contribution is 2.40. The minimum atomic E-state index is -3.95. The molecule has 1 unspecified atom stereocenters. The molecule has 26 heavy (non-hydrogen) atoms. The van der Waals surface area contributed by atoms with Crippen molar-refractivity contribution in [3.8, 4) is 0 Å². The molecule has 0 bridgehead atoms. The van der Waals surface area contributed by atoms with Crippen LogP contribution in [0.3, 0.4) is 0 Å². The molecular weight excluding hydrogens is 372 g/mol. The van der Waals surface area contributed by atoms with E-state index in [-0.39, 0.29) is 11.4 Å². The van der Waals surface area contributed by atoms with E-state index in [2.05, 4.69) is 20.0 Å². The van der Waals surface area contributed by atoms with E-state index in [0.29, 0.717) is 11.1 Å². The summed E-state index contributed by atoms with van der Waals surface area (Å²) < 4.78 is 27.3. The van der Waals surface area contributed by atoms with E-state index in [9.17, 15) is 13.2 Å². The number of carbonyl (C=O) groups is 1. The molecule has 0 saturated carbocycles. The molecule has 2 heterocycles. The second-order valence-electron chi connectivity index (χ2n) is 6.23. The molecule has 3 rings (SSSR count). The lowest BCUT2D eigenvalue weighted by Crippen LogP contribution is -2.39. The highest BCUT2D eigenvalue weighted by atomic mass is 32.2. The SMILES string of the molecule is Cc1cc(C)nc(CNC(=O)NS(=O)(=O)c2cccc3c2SC(C)C3)n1. The van der Waals surface area contributed by atoms with Gasteiger partial charge < -0.3 is 5.32 Å². The van der Waals surface area contributed by atoms with Gasteiger partial charge in [0.05, 0.1) is 6.54 Å². The van der Waals surface area contributed by atoms with Gasteiger partial charge in [0.2, 0.25) is 0 Å². The number of amides is 2. The van der Waals surface area contributed by atoms with E-state index in [1.54, 1.807) is 6.07 Å². The predicted octanol–water partition coefficient (Wildman–Crippen LogP) is 2.32. The molecule has 1 atom stereocenters. The smallest absolute Gasteiger partial charge is 0.329 e. The highest BCUT2D eigenvalue weighted by molar-refractivity contribution is 8.01. The zero-order valence-corrected chi connectivity index (χ0v) is 16.4. The number of nitrogens with one attached hydrogen (secondary N) is 2. The van der Waals surface area contributed by atoms with Gasteiger partial charge in [0.15, 0.2) is 0 Å². The van der Waals surface area contributed by atoms with E-state index in [4.69, 9.17) is 0 Å². The maximum atomic E-state index is 12.6. The number of thioether (sulfide) groups is 1. The average molecular weight is 393 g/mol. The Bertz CT molecular complexity index is 940. The molecule has 1 aromatic carbocycles. The van der Waals surface area contributed by atoms with Gasteiger partial charge in [0.25, 0.3) is 10.0 Å². The first-order valence-corrected chi connectivity index (χ1v) is 10.5. The Morgan fingerprint density at radius 1 is 1.27 bits per heavy atom. The number of benzene rings is 1. The monoisotopic (exact) mass is 392 g/mol. The van der Waals surface area contributed by atoms with Gasteiger partial charge in [0, 0.05) is 21.5 Å². The van der Waals surface area contributed by atoms with Crippen molar-refractivity contribution in [1.29, 1.82) is 0 Å². The number of sulfonamides is 1. The standard InChI is InChI=1S/C17H20N4O3S2/c1-10-7-11(2)20-15(19-10)9-18-17(22)21-26(23,24)14-6-4-5-13-8-12(3)25-16(13)14/h4-7,12H,8-9H2,1-3H3,(H2,18,21,22). The van der Waals surface area contributed by atoms with Crippen molar-refractivity contribution in [2.24, 2.45) is 0 Å². The van der Waals surface area contributed by atoms with E-state index in [1.807, 2.05) is 32.9 Å². The molecule has 7 nitrogen and oxygen atoms in total. The van der Waals surface area contributed by atoms with Crippen LogP contribution in [0, 0.1) is 13.8 Å². The number of aromatic nitrogens is 2.